The summed E-state index contributed by atoms with van der Waals surface area (Å²) in [6.45, 7) is 1.92. The van der Waals surface area contributed by atoms with Crippen LogP contribution in [-0.2, 0) is 16.0 Å². The Hall–Kier alpha value is -2.04. The van der Waals surface area contributed by atoms with Gasteiger partial charge < -0.3 is 14.6 Å². The Bertz CT molecular complexity index is 510. The highest BCUT2D eigenvalue weighted by Gasteiger charge is 2.22. The minimum atomic E-state index is -0.644. The number of pyridine rings is 1. The lowest BCUT2D eigenvalue weighted by Crippen LogP contribution is -2.24. The van der Waals surface area contributed by atoms with E-state index in [0.29, 0.717) is 12.8 Å². The van der Waals surface area contributed by atoms with Gasteiger partial charge in [-0.3, -0.25) is 4.98 Å². The van der Waals surface area contributed by atoms with Crippen molar-refractivity contribution in [1.82, 2.24) is 4.98 Å². The van der Waals surface area contributed by atoms with Crippen molar-refractivity contribution in [3.63, 3.8) is 0 Å². The number of carbonyl (C=O) groups excluding carboxylic acids is 1. The molecule has 0 radical (unpaired) electrons. The van der Waals surface area contributed by atoms with Crippen LogP contribution in [0.5, 0.6) is 5.75 Å². The molecule has 0 saturated heterocycles. The fraction of sp³-hybridized carbons (Fsp3) is 0.429. The summed E-state index contributed by atoms with van der Waals surface area (Å²) in [7, 11) is 1.61. The first-order valence-electron chi connectivity index (χ1n) is 6.19. The van der Waals surface area contributed by atoms with E-state index in [1.807, 2.05) is 13.0 Å². The van der Waals surface area contributed by atoms with Crippen LogP contribution in [0, 0.1) is 6.92 Å². The lowest BCUT2D eigenvalue weighted by Gasteiger charge is -2.20. The summed E-state index contributed by atoms with van der Waals surface area (Å²) in [5.74, 6) is -0.200. The summed E-state index contributed by atoms with van der Waals surface area (Å²) >= 11 is 0. The Balaban J connectivity index is 1.99. The predicted molar refractivity (Wildman–Crippen MR) is 69.1 cm³/mol. The van der Waals surface area contributed by atoms with Gasteiger partial charge in [0.25, 0.3) is 0 Å². The standard InChI is InChI=1S/C14H17NO4/c1-9-7-10(13(18-2)8-15-9)3-4-11-5-6-12(16)14(17)19-11/h6-8,11,16H,3-5H2,1-2H3. The van der Waals surface area contributed by atoms with Gasteiger partial charge in [-0.1, -0.05) is 0 Å². The lowest BCUT2D eigenvalue weighted by atomic mass is 10.0. The molecular formula is C14H17NO4. The average molecular weight is 263 g/mol. The average Bonchev–Trinajstić information content (AvgIpc) is 2.40. The first-order chi connectivity index (χ1) is 9.10. The molecule has 1 N–H and O–H groups in total. The zero-order chi connectivity index (χ0) is 13.8. The fourth-order valence-electron chi connectivity index (χ4n) is 2.06. The molecular weight excluding hydrogens is 246 g/mol. The van der Waals surface area contributed by atoms with E-state index in [2.05, 4.69) is 4.98 Å². The van der Waals surface area contributed by atoms with Crippen LogP contribution < -0.4 is 4.74 Å². The molecule has 1 atom stereocenters. The van der Waals surface area contributed by atoms with E-state index in [9.17, 15) is 4.79 Å². The molecule has 1 aliphatic rings. The molecule has 0 bridgehead atoms. The van der Waals surface area contributed by atoms with Gasteiger partial charge in [0.2, 0.25) is 0 Å². The zero-order valence-corrected chi connectivity index (χ0v) is 11.0. The van der Waals surface area contributed by atoms with Crippen LogP contribution >= 0.6 is 0 Å². The second-order valence-corrected chi connectivity index (χ2v) is 4.53. The molecule has 0 amide bonds. The normalized spacial score (nSPS) is 18.7. The molecule has 1 aromatic rings. The van der Waals surface area contributed by atoms with Gasteiger partial charge >= 0.3 is 5.97 Å². The number of nitrogens with zero attached hydrogens (tertiary/aromatic N) is 1. The quantitative estimate of drug-likeness (QED) is 0.842. The van der Waals surface area contributed by atoms with Crippen molar-refractivity contribution in [1.29, 1.82) is 0 Å². The molecule has 2 rings (SSSR count). The Kier molecular flexibility index (Phi) is 4.04. The van der Waals surface area contributed by atoms with Gasteiger partial charge in [-0.15, -0.1) is 0 Å². The molecule has 2 heterocycles. The van der Waals surface area contributed by atoms with Gasteiger partial charge in [-0.05, 0) is 37.5 Å². The molecule has 1 aromatic heterocycles. The summed E-state index contributed by atoms with van der Waals surface area (Å²) in [6, 6.07) is 1.97. The molecule has 1 aliphatic heterocycles. The number of rotatable bonds is 4. The van der Waals surface area contributed by atoms with Crippen LogP contribution in [0.4, 0.5) is 0 Å². The number of aliphatic hydroxyl groups is 1. The number of aryl methyl sites for hydroxylation is 2. The molecule has 0 fully saturated rings. The molecule has 1 unspecified atom stereocenters. The van der Waals surface area contributed by atoms with Crippen LogP contribution in [0.2, 0.25) is 0 Å². The maximum absolute atomic E-state index is 11.2. The molecule has 0 spiro atoms. The highest BCUT2D eigenvalue weighted by atomic mass is 16.6. The summed E-state index contributed by atoms with van der Waals surface area (Å²) in [5.41, 5.74) is 1.97. The highest BCUT2D eigenvalue weighted by molar-refractivity contribution is 5.86. The van der Waals surface area contributed by atoms with Crippen molar-refractivity contribution < 1.29 is 19.4 Å². The van der Waals surface area contributed by atoms with Crippen molar-refractivity contribution in [2.75, 3.05) is 7.11 Å². The fourth-order valence-corrected chi connectivity index (χ4v) is 2.06. The Labute approximate surface area is 111 Å². The van der Waals surface area contributed by atoms with Crippen molar-refractivity contribution >= 4 is 5.97 Å². The number of hydrogen-bond acceptors (Lipinski definition) is 5. The third-order valence-electron chi connectivity index (χ3n) is 3.10. The summed E-state index contributed by atoms with van der Waals surface area (Å²) < 4.78 is 10.4. The first kappa shape index (κ1) is 13.4. The van der Waals surface area contributed by atoms with Gasteiger partial charge in [0.05, 0.1) is 13.3 Å². The van der Waals surface area contributed by atoms with Crippen LogP contribution in [-0.4, -0.2) is 29.3 Å². The molecule has 19 heavy (non-hydrogen) atoms. The minimum Gasteiger partial charge on any atom is -0.502 e. The third-order valence-corrected chi connectivity index (χ3v) is 3.10. The highest BCUT2D eigenvalue weighted by Crippen LogP contribution is 2.22. The number of aliphatic hydroxyl groups excluding tert-OH is 1. The minimum absolute atomic E-state index is 0.193. The van der Waals surface area contributed by atoms with Gasteiger partial charge in [0, 0.05) is 12.1 Å². The third kappa shape index (κ3) is 3.24. The second-order valence-electron chi connectivity index (χ2n) is 4.53. The van der Waals surface area contributed by atoms with Gasteiger partial charge in [-0.25, -0.2) is 4.79 Å². The number of esters is 1. The number of methoxy groups -OCH3 is 1. The number of carbonyl (C=O) groups is 1. The van der Waals surface area contributed by atoms with E-state index in [-0.39, 0.29) is 11.9 Å². The van der Waals surface area contributed by atoms with Crippen LogP contribution in [0.1, 0.15) is 24.1 Å². The monoisotopic (exact) mass is 263 g/mol. The van der Waals surface area contributed by atoms with Crippen molar-refractivity contribution in [2.45, 2.75) is 32.3 Å². The van der Waals surface area contributed by atoms with Crippen LogP contribution in [0.25, 0.3) is 0 Å². The molecule has 5 heteroatoms. The van der Waals surface area contributed by atoms with Gasteiger partial charge in [0.15, 0.2) is 5.76 Å². The lowest BCUT2D eigenvalue weighted by molar-refractivity contribution is -0.149. The van der Waals surface area contributed by atoms with E-state index < -0.39 is 5.97 Å². The number of ether oxygens (including phenoxy) is 2. The van der Waals surface area contributed by atoms with Crippen molar-refractivity contribution in [3.05, 3.63) is 35.4 Å². The van der Waals surface area contributed by atoms with E-state index in [0.717, 1.165) is 23.4 Å². The number of cyclic esters (lactones) is 1. The zero-order valence-electron chi connectivity index (χ0n) is 11.0. The summed E-state index contributed by atoms with van der Waals surface area (Å²) in [4.78, 5) is 15.4. The largest absolute Gasteiger partial charge is 0.502 e. The van der Waals surface area contributed by atoms with Crippen LogP contribution in [0.3, 0.4) is 0 Å². The second kappa shape index (κ2) is 5.73. The van der Waals surface area contributed by atoms with Gasteiger partial charge in [-0.2, -0.15) is 0 Å². The summed E-state index contributed by atoms with van der Waals surface area (Å²) in [6.07, 6.45) is 4.98. The predicted octanol–water partition coefficient (Wildman–Crippen LogP) is 2.09. The maximum Gasteiger partial charge on any atom is 0.373 e. The van der Waals surface area contributed by atoms with Crippen LogP contribution in [0.15, 0.2) is 24.1 Å². The van der Waals surface area contributed by atoms with Crippen molar-refractivity contribution in [3.8, 4) is 5.75 Å². The number of aromatic nitrogens is 1. The SMILES string of the molecule is COc1cnc(C)cc1CCC1CC=C(O)C(=O)O1. The van der Waals surface area contributed by atoms with E-state index in [1.165, 1.54) is 6.08 Å². The van der Waals surface area contributed by atoms with E-state index in [4.69, 9.17) is 14.6 Å². The first-order valence-corrected chi connectivity index (χ1v) is 6.19. The molecule has 5 nitrogen and oxygen atoms in total. The maximum atomic E-state index is 11.2. The van der Waals surface area contributed by atoms with Gasteiger partial charge in [0.1, 0.15) is 11.9 Å². The van der Waals surface area contributed by atoms with Crippen molar-refractivity contribution in [2.24, 2.45) is 0 Å². The Morgan fingerprint density at radius 2 is 2.37 bits per heavy atom. The number of hydrogen-bond donors (Lipinski definition) is 1. The topological polar surface area (TPSA) is 68.7 Å². The molecule has 0 saturated carbocycles. The van der Waals surface area contributed by atoms with E-state index in [1.54, 1.807) is 13.3 Å². The smallest absolute Gasteiger partial charge is 0.373 e. The molecule has 0 aliphatic carbocycles. The Morgan fingerprint density at radius 1 is 1.58 bits per heavy atom. The molecule has 0 aromatic carbocycles. The summed E-state index contributed by atoms with van der Waals surface area (Å²) in [5, 5.41) is 9.16. The molecule has 102 valence electrons. The van der Waals surface area contributed by atoms with E-state index >= 15 is 0 Å². The Morgan fingerprint density at radius 3 is 3.05 bits per heavy atom.